The molecule has 1 amide bonds. The monoisotopic (exact) mass is 308 g/mol. The van der Waals surface area contributed by atoms with Gasteiger partial charge in [-0.2, -0.15) is 0 Å². The third kappa shape index (κ3) is 4.19. The van der Waals surface area contributed by atoms with Gasteiger partial charge in [-0.3, -0.25) is 14.6 Å². The molecule has 8 heteroatoms. The molecule has 1 N–H and O–H groups in total. The molecule has 0 bridgehead atoms. The standard InChI is InChI=1S/C12H12ClF3N2O2/c1-12(2,16)11(20)18-5-6-3-7(9(13)19)8(10(14)15)17-4-6/h3-4,10H,5H2,1-2H3,(H,18,20). The third-order valence-electron chi connectivity index (χ3n) is 2.39. The zero-order valence-electron chi connectivity index (χ0n) is 10.7. The zero-order valence-corrected chi connectivity index (χ0v) is 11.5. The van der Waals surface area contributed by atoms with Gasteiger partial charge in [0.2, 0.25) is 0 Å². The van der Waals surface area contributed by atoms with Crippen LogP contribution in [0.15, 0.2) is 12.3 Å². The Labute approximate surface area is 118 Å². The van der Waals surface area contributed by atoms with Crippen molar-refractivity contribution in [2.45, 2.75) is 32.5 Å². The molecule has 0 unspecified atom stereocenters. The van der Waals surface area contributed by atoms with E-state index in [0.29, 0.717) is 0 Å². The van der Waals surface area contributed by atoms with Crippen LogP contribution < -0.4 is 5.32 Å². The molecule has 0 saturated carbocycles. The lowest BCUT2D eigenvalue weighted by molar-refractivity contribution is -0.130. The normalized spacial score (nSPS) is 11.6. The molecule has 0 spiro atoms. The Hall–Kier alpha value is -1.63. The molecule has 0 radical (unpaired) electrons. The van der Waals surface area contributed by atoms with E-state index >= 15 is 0 Å². The largest absolute Gasteiger partial charge is 0.349 e. The predicted octanol–water partition coefficient (Wildman–Crippen LogP) is 2.76. The number of alkyl halides is 3. The number of nitrogens with one attached hydrogen (secondary N) is 1. The van der Waals surface area contributed by atoms with Crippen molar-refractivity contribution in [2.75, 3.05) is 0 Å². The lowest BCUT2D eigenvalue weighted by Gasteiger charge is -2.14. The van der Waals surface area contributed by atoms with E-state index in [4.69, 9.17) is 11.6 Å². The molecular weight excluding hydrogens is 297 g/mol. The Morgan fingerprint density at radius 1 is 1.45 bits per heavy atom. The maximum Gasteiger partial charge on any atom is 0.281 e. The number of amides is 1. The molecule has 20 heavy (non-hydrogen) atoms. The highest BCUT2D eigenvalue weighted by molar-refractivity contribution is 6.67. The summed E-state index contributed by atoms with van der Waals surface area (Å²) in [6, 6.07) is 1.09. The van der Waals surface area contributed by atoms with Crippen molar-refractivity contribution in [2.24, 2.45) is 0 Å². The minimum atomic E-state index is -2.94. The summed E-state index contributed by atoms with van der Waals surface area (Å²) in [5.74, 6) is -0.866. The van der Waals surface area contributed by atoms with E-state index in [1.165, 1.54) is 0 Å². The van der Waals surface area contributed by atoms with Crippen molar-refractivity contribution < 1.29 is 22.8 Å². The zero-order chi connectivity index (χ0) is 15.5. The minimum Gasteiger partial charge on any atom is -0.349 e. The molecule has 1 aromatic rings. The molecule has 1 heterocycles. The van der Waals surface area contributed by atoms with Crippen LogP contribution >= 0.6 is 11.6 Å². The molecule has 0 fully saturated rings. The second-order valence-corrected chi connectivity index (χ2v) is 4.85. The average Bonchev–Trinajstić information content (AvgIpc) is 2.34. The number of halogens is 4. The summed E-state index contributed by atoms with van der Waals surface area (Å²) in [6.45, 7) is 2.00. The molecule has 0 saturated heterocycles. The van der Waals surface area contributed by atoms with E-state index in [-0.39, 0.29) is 12.1 Å². The number of carbonyl (C=O) groups excluding carboxylic acids is 2. The van der Waals surface area contributed by atoms with Crippen molar-refractivity contribution in [3.8, 4) is 0 Å². The number of hydrogen-bond acceptors (Lipinski definition) is 3. The van der Waals surface area contributed by atoms with Gasteiger partial charge in [-0.05, 0) is 37.1 Å². The van der Waals surface area contributed by atoms with E-state index in [1.807, 2.05) is 0 Å². The molecule has 0 atom stereocenters. The number of nitrogens with zero attached hydrogens (tertiary/aromatic N) is 1. The Kier molecular flexibility index (Phi) is 5.10. The lowest BCUT2D eigenvalue weighted by atomic mass is 10.1. The third-order valence-corrected chi connectivity index (χ3v) is 2.59. The second kappa shape index (κ2) is 6.21. The molecule has 1 aromatic heterocycles. The van der Waals surface area contributed by atoms with Gasteiger partial charge in [0.25, 0.3) is 17.6 Å². The molecule has 110 valence electrons. The van der Waals surface area contributed by atoms with E-state index in [1.54, 1.807) is 0 Å². The molecule has 4 nitrogen and oxygen atoms in total. The molecule has 0 aliphatic carbocycles. The van der Waals surface area contributed by atoms with Gasteiger partial charge in [0.15, 0.2) is 5.67 Å². The Morgan fingerprint density at radius 3 is 2.50 bits per heavy atom. The van der Waals surface area contributed by atoms with E-state index in [0.717, 1.165) is 26.1 Å². The Bertz CT molecular complexity index is 530. The van der Waals surface area contributed by atoms with Crippen LogP contribution in [0.25, 0.3) is 0 Å². The Morgan fingerprint density at radius 2 is 2.05 bits per heavy atom. The van der Waals surface area contributed by atoms with Gasteiger partial charge in [0, 0.05) is 12.7 Å². The number of pyridine rings is 1. The summed E-state index contributed by atoms with van der Waals surface area (Å²) in [7, 11) is 0. The van der Waals surface area contributed by atoms with Crippen LogP contribution in [0, 0.1) is 0 Å². The first-order valence-corrected chi connectivity index (χ1v) is 5.94. The highest BCUT2D eigenvalue weighted by Gasteiger charge is 2.26. The molecular formula is C12H12ClF3N2O2. The van der Waals surface area contributed by atoms with Crippen LogP contribution in [0.5, 0.6) is 0 Å². The fourth-order valence-corrected chi connectivity index (χ4v) is 1.49. The number of hydrogen-bond donors (Lipinski definition) is 1. The van der Waals surface area contributed by atoms with Crippen LogP contribution in [-0.4, -0.2) is 21.8 Å². The predicted molar refractivity (Wildman–Crippen MR) is 66.4 cm³/mol. The van der Waals surface area contributed by atoms with Gasteiger partial charge in [-0.1, -0.05) is 0 Å². The van der Waals surface area contributed by atoms with E-state index < -0.39 is 34.5 Å². The lowest BCUT2D eigenvalue weighted by Crippen LogP contribution is -2.38. The van der Waals surface area contributed by atoms with Crippen LogP contribution in [0.2, 0.25) is 0 Å². The van der Waals surface area contributed by atoms with Gasteiger partial charge < -0.3 is 5.32 Å². The highest BCUT2D eigenvalue weighted by atomic mass is 35.5. The SMILES string of the molecule is CC(C)(F)C(=O)NCc1cnc(C(F)F)c(C(=O)Cl)c1. The first-order chi connectivity index (χ1) is 9.12. The summed E-state index contributed by atoms with van der Waals surface area (Å²) < 4.78 is 38.5. The first-order valence-electron chi connectivity index (χ1n) is 5.57. The minimum absolute atomic E-state index is 0.153. The van der Waals surface area contributed by atoms with Gasteiger partial charge in [0.05, 0.1) is 5.56 Å². The topological polar surface area (TPSA) is 59.1 Å². The van der Waals surface area contributed by atoms with Crippen LogP contribution in [0.4, 0.5) is 13.2 Å². The summed E-state index contributed by atoms with van der Waals surface area (Å²) in [5, 5.41) is 1.18. The molecule has 1 rings (SSSR count). The summed E-state index contributed by atoms with van der Waals surface area (Å²) >= 11 is 5.20. The van der Waals surface area contributed by atoms with Gasteiger partial charge in [-0.25, -0.2) is 13.2 Å². The molecule has 0 aromatic carbocycles. The summed E-state index contributed by atoms with van der Waals surface area (Å²) in [6.07, 6.45) is -1.88. The number of rotatable bonds is 5. The fourth-order valence-electron chi connectivity index (χ4n) is 1.34. The maximum absolute atomic E-state index is 13.3. The Balaban J connectivity index is 2.91. The van der Waals surface area contributed by atoms with Crippen LogP contribution in [0.3, 0.4) is 0 Å². The quantitative estimate of drug-likeness (QED) is 0.851. The van der Waals surface area contributed by atoms with Crippen LogP contribution in [0.1, 0.15) is 41.9 Å². The highest BCUT2D eigenvalue weighted by Crippen LogP contribution is 2.23. The summed E-state index contributed by atoms with van der Waals surface area (Å²) in [4.78, 5) is 25.8. The molecule has 0 aliphatic heterocycles. The van der Waals surface area contributed by atoms with Gasteiger partial charge >= 0.3 is 0 Å². The first kappa shape index (κ1) is 16.4. The second-order valence-electron chi connectivity index (χ2n) is 4.51. The number of carbonyl (C=O) groups is 2. The van der Waals surface area contributed by atoms with Crippen molar-refractivity contribution in [1.82, 2.24) is 10.3 Å². The van der Waals surface area contributed by atoms with Crippen molar-refractivity contribution >= 4 is 22.8 Å². The smallest absolute Gasteiger partial charge is 0.281 e. The van der Waals surface area contributed by atoms with E-state index in [2.05, 4.69) is 10.3 Å². The van der Waals surface area contributed by atoms with Crippen LogP contribution in [-0.2, 0) is 11.3 Å². The average molecular weight is 309 g/mol. The maximum atomic E-state index is 13.3. The van der Waals surface area contributed by atoms with Crippen molar-refractivity contribution in [3.05, 3.63) is 29.1 Å². The molecule has 0 aliphatic rings. The van der Waals surface area contributed by atoms with Crippen molar-refractivity contribution in [1.29, 1.82) is 0 Å². The van der Waals surface area contributed by atoms with Crippen molar-refractivity contribution in [3.63, 3.8) is 0 Å². The fraction of sp³-hybridized carbons (Fsp3) is 0.417. The summed E-state index contributed by atoms with van der Waals surface area (Å²) in [5.41, 5.74) is -2.98. The van der Waals surface area contributed by atoms with Gasteiger partial charge in [0.1, 0.15) is 5.69 Å². The van der Waals surface area contributed by atoms with E-state index in [9.17, 15) is 22.8 Å². The number of aromatic nitrogens is 1. The van der Waals surface area contributed by atoms with Gasteiger partial charge in [-0.15, -0.1) is 0 Å².